The third-order valence-corrected chi connectivity index (χ3v) is 1.54. The van der Waals surface area contributed by atoms with E-state index in [0.29, 0.717) is 12.2 Å². The molecule has 0 saturated heterocycles. The van der Waals surface area contributed by atoms with Gasteiger partial charge in [-0.15, -0.1) is 0 Å². The van der Waals surface area contributed by atoms with Gasteiger partial charge in [0.05, 0.1) is 12.2 Å². The summed E-state index contributed by atoms with van der Waals surface area (Å²) in [7, 11) is 0. The molecule has 0 saturated carbocycles. The number of hydrogen-bond acceptors (Lipinski definition) is 3. The van der Waals surface area contributed by atoms with E-state index in [2.05, 4.69) is 0 Å². The van der Waals surface area contributed by atoms with Gasteiger partial charge in [-0.2, -0.15) is 0 Å². The van der Waals surface area contributed by atoms with Gasteiger partial charge < -0.3 is 9.84 Å². The van der Waals surface area contributed by atoms with E-state index in [9.17, 15) is 4.79 Å². The molecule has 0 aliphatic rings. The molecule has 3 nitrogen and oxygen atoms in total. The molecule has 0 atom stereocenters. The van der Waals surface area contributed by atoms with Crippen LogP contribution in [0, 0.1) is 0 Å². The first-order valence-electron chi connectivity index (χ1n) is 4.20. The number of hydrogen-bond donors (Lipinski definition) is 1. The van der Waals surface area contributed by atoms with Gasteiger partial charge in [0.2, 0.25) is 0 Å². The van der Waals surface area contributed by atoms with Crippen molar-refractivity contribution in [2.45, 2.75) is 13.3 Å². The van der Waals surface area contributed by atoms with Crippen molar-refractivity contribution in [3.05, 3.63) is 29.8 Å². The molecule has 0 spiro atoms. The first-order chi connectivity index (χ1) is 6.24. The zero-order valence-electron chi connectivity index (χ0n) is 7.49. The van der Waals surface area contributed by atoms with E-state index in [-0.39, 0.29) is 39.0 Å². The molecule has 78 valence electrons. The summed E-state index contributed by atoms with van der Waals surface area (Å²) in [5, 5.41) is 8.96. The zero-order valence-corrected chi connectivity index (χ0v) is 7.49. The van der Waals surface area contributed by atoms with Crippen molar-refractivity contribution in [3.8, 4) is 5.75 Å². The first kappa shape index (κ1) is 13.4. The fourth-order valence-electron chi connectivity index (χ4n) is 0.876. The summed E-state index contributed by atoms with van der Waals surface area (Å²) >= 11 is 0. The molecule has 14 heavy (non-hydrogen) atoms. The summed E-state index contributed by atoms with van der Waals surface area (Å²) in [6, 6.07) is 5.99. The van der Waals surface area contributed by atoms with Crippen LogP contribution in [0.5, 0.6) is 5.75 Å². The number of ether oxygens (including phenoxy) is 1. The summed E-state index contributed by atoms with van der Waals surface area (Å²) in [5.74, 6) is -0.200. The van der Waals surface area contributed by atoms with E-state index < -0.39 is 0 Å². The number of carbonyl (C=O) groups is 1. The van der Waals surface area contributed by atoms with Gasteiger partial charge in [0.25, 0.3) is 0 Å². The molecular weight excluding hydrogens is 375 g/mol. The van der Waals surface area contributed by atoms with E-state index in [1.807, 2.05) is 6.92 Å². The SMILES string of the molecule is CCCOC(=O)c1ccc(O)cc1.[PbH4]. The van der Waals surface area contributed by atoms with Crippen LogP contribution in [0.25, 0.3) is 0 Å². The third kappa shape index (κ3) is 4.08. The van der Waals surface area contributed by atoms with Crippen LogP contribution in [-0.4, -0.2) is 45.0 Å². The van der Waals surface area contributed by atoms with Crippen LogP contribution in [-0.2, 0) is 4.74 Å². The van der Waals surface area contributed by atoms with Crippen LogP contribution in [0.4, 0.5) is 0 Å². The molecule has 1 aromatic rings. The minimum absolute atomic E-state index is 0. The fraction of sp³-hybridized carbons (Fsp3) is 0.300. The van der Waals surface area contributed by atoms with E-state index in [1.54, 1.807) is 0 Å². The van der Waals surface area contributed by atoms with E-state index in [4.69, 9.17) is 9.84 Å². The van der Waals surface area contributed by atoms with Gasteiger partial charge in [-0.05, 0) is 30.7 Å². The molecule has 0 aliphatic heterocycles. The Morgan fingerprint density at radius 2 is 1.93 bits per heavy atom. The molecule has 0 fully saturated rings. The Labute approximate surface area is 103 Å². The number of phenolic OH excluding ortho intramolecular Hbond substituents is 1. The van der Waals surface area contributed by atoms with Crippen LogP contribution < -0.4 is 0 Å². The van der Waals surface area contributed by atoms with Crippen LogP contribution in [0.15, 0.2) is 24.3 Å². The molecule has 0 bridgehead atoms. The average molecular weight is 391 g/mol. The molecule has 0 unspecified atom stereocenters. The van der Waals surface area contributed by atoms with E-state index in [0.717, 1.165) is 6.42 Å². The second-order valence-electron chi connectivity index (χ2n) is 2.68. The predicted octanol–water partition coefficient (Wildman–Crippen LogP) is 0.507. The second-order valence-corrected chi connectivity index (χ2v) is 2.68. The first-order valence-corrected chi connectivity index (χ1v) is 4.20. The van der Waals surface area contributed by atoms with Crippen LogP contribution in [0.2, 0.25) is 0 Å². The van der Waals surface area contributed by atoms with Crippen LogP contribution in [0.1, 0.15) is 23.7 Å². The fourth-order valence-corrected chi connectivity index (χ4v) is 0.876. The van der Waals surface area contributed by atoms with Gasteiger partial charge in [-0.25, -0.2) is 4.79 Å². The number of carbonyl (C=O) groups excluding carboxylic acids is 1. The van der Waals surface area contributed by atoms with Gasteiger partial charge >= 0.3 is 33.3 Å². The number of phenols is 1. The van der Waals surface area contributed by atoms with Crippen LogP contribution in [0.3, 0.4) is 0 Å². The maximum atomic E-state index is 11.2. The van der Waals surface area contributed by atoms with Gasteiger partial charge in [-0.1, -0.05) is 6.92 Å². The van der Waals surface area contributed by atoms with Crippen molar-refractivity contribution < 1.29 is 14.6 Å². The molecule has 1 aromatic carbocycles. The number of esters is 1. The molecular formula is C10H16O3Pb. The van der Waals surface area contributed by atoms with Crippen molar-refractivity contribution in [2.75, 3.05) is 6.61 Å². The minimum atomic E-state index is -0.346. The average Bonchev–Trinajstić information content (AvgIpc) is 2.15. The van der Waals surface area contributed by atoms with Gasteiger partial charge in [-0.3, -0.25) is 0 Å². The maximum absolute atomic E-state index is 11.2. The molecule has 0 amide bonds. The Morgan fingerprint density at radius 1 is 1.36 bits per heavy atom. The molecule has 1 rings (SSSR count). The normalized spacial score (nSPS) is 8.93. The molecule has 4 heteroatoms. The Morgan fingerprint density at radius 3 is 2.43 bits per heavy atom. The van der Waals surface area contributed by atoms with Crippen molar-refractivity contribution in [3.63, 3.8) is 0 Å². The second kappa shape index (κ2) is 6.81. The summed E-state index contributed by atoms with van der Waals surface area (Å²) in [6.45, 7) is 2.36. The molecule has 0 aromatic heterocycles. The third-order valence-electron chi connectivity index (χ3n) is 1.54. The Kier molecular flexibility index (Phi) is 6.52. The predicted molar refractivity (Wildman–Crippen MR) is 60.0 cm³/mol. The van der Waals surface area contributed by atoms with Gasteiger partial charge in [0, 0.05) is 0 Å². The standard InChI is InChI=1S/C10H12O3.Pb.4H/c1-2-7-13-10(12)8-3-5-9(11)6-4-8;;;;;/h3-6,11H,2,7H2,1H3;;;;;. The summed E-state index contributed by atoms with van der Waals surface area (Å²) < 4.78 is 4.90. The van der Waals surface area contributed by atoms with Crippen molar-refractivity contribution in [2.24, 2.45) is 0 Å². The van der Waals surface area contributed by atoms with Gasteiger partial charge in [0.15, 0.2) is 0 Å². The van der Waals surface area contributed by atoms with Crippen molar-refractivity contribution in [1.29, 1.82) is 0 Å². The number of rotatable bonds is 3. The monoisotopic (exact) mass is 392 g/mol. The summed E-state index contributed by atoms with van der Waals surface area (Å²) in [5.41, 5.74) is 0.464. The molecule has 1 N–H and O–H groups in total. The summed E-state index contributed by atoms with van der Waals surface area (Å²) in [6.07, 6.45) is 0.809. The van der Waals surface area contributed by atoms with E-state index >= 15 is 0 Å². The zero-order chi connectivity index (χ0) is 9.68. The Bertz CT molecular complexity index is 282. The number of aromatic hydroxyl groups is 1. The molecule has 0 aliphatic carbocycles. The molecule has 0 radical (unpaired) electrons. The number of benzene rings is 1. The van der Waals surface area contributed by atoms with Crippen molar-refractivity contribution in [1.82, 2.24) is 0 Å². The Hall–Kier alpha value is -0.588. The van der Waals surface area contributed by atoms with Crippen LogP contribution >= 0.6 is 0 Å². The topological polar surface area (TPSA) is 46.5 Å². The van der Waals surface area contributed by atoms with Crippen molar-refractivity contribution >= 4 is 33.3 Å². The quantitative estimate of drug-likeness (QED) is 0.603. The van der Waals surface area contributed by atoms with Gasteiger partial charge in [0.1, 0.15) is 5.75 Å². The Balaban J connectivity index is 0.00000169. The summed E-state index contributed by atoms with van der Waals surface area (Å²) in [4.78, 5) is 11.2. The molecule has 0 heterocycles. The van der Waals surface area contributed by atoms with E-state index in [1.165, 1.54) is 24.3 Å².